The van der Waals surface area contributed by atoms with E-state index in [1.54, 1.807) is 12.4 Å². The molecule has 2 aromatic rings. The fourth-order valence-electron chi connectivity index (χ4n) is 3.26. The van der Waals surface area contributed by atoms with Crippen LogP contribution in [-0.4, -0.2) is 54.8 Å². The van der Waals surface area contributed by atoms with Gasteiger partial charge in [0.15, 0.2) is 0 Å². The summed E-state index contributed by atoms with van der Waals surface area (Å²) in [5, 5.41) is 6.33. The second-order valence-electron chi connectivity index (χ2n) is 6.40. The SMILES string of the molecule is Cl.O=C(Nc1ccc2c(c1)CCO2)N1CCNCC1COc1cccnc1. The molecular weight excluding hydrogens is 368 g/mol. The Labute approximate surface area is 164 Å². The number of halogens is 1. The van der Waals surface area contributed by atoms with Gasteiger partial charge in [0.25, 0.3) is 0 Å². The number of benzene rings is 1. The molecule has 1 saturated heterocycles. The molecule has 144 valence electrons. The number of ether oxygens (including phenoxy) is 2. The normalized spacial score (nSPS) is 18.1. The summed E-state index contributed by atoms with van der Waals surface area (Å²) in [7, 11) is 0. The minimum absolute atomic E-state index is 0. The van der Waals surface area contributed by atoms with Gasteiger partial charge in [-0.15, -0.1) is 12.4 Å². The molecule has 0 spiro atoms. The van der Waals surface area contributed by atoms with Gasteiger partial charge < -0.3 is 25.0 Å². The highest BCUT2D eigenvalue weighted by Gasteiger charge is 2.27. The van der Waals surface area contributed by atoms with Crippen LogP contribution in [0.5, 0.6) is 11.5 Å². The highest BCUT2D eigenvalue weighted by molar-refractivity contribution is 5.90. The Bertz CT molecular complexity index is 775. The van der Waals surface area contributed by atoms with E-state index in [4.69, 9.17) is 9.47 Å². The molecule has 1 unspecified atom stereocenters. The van der Waals surface area contributed by atoms with E-state index in [0.717, 1.165) is 30.0 Å². The van der Waals surface area contributed by atoms with E-state index in [9.17, 15) is 4.79 Å². The van der Waals surface area contributed by atoms with Crippen molar-refractivity contribution in [1.29, 1.82) is 0 Å². The molecule has 3 heterocycles. The molecule has 4 rings (SSSR count). The van der Waals surface area contributed by atoms with Crippen molar-refractivity contribution in [1.82, 2.24) is 15.2 Å². The summed E-state index contributed by atoms with van der Waals surface area (Å²) >= 11 is 0. The topological polar surface area (TPSA) is 75.7 Å². The lowest BCUT2D eigenvalue weighted by atomic mass is 10.1. The number of urea groups is 1. The second kappa shape index (κ2) is 8.92. The third kappa shape index (κ3) is 4.61. The quantitative estimate of drug-likeness (QED) is 0.838. The van der Waals surface area contributed by atoms with Crippen molar-refractivity contribution in [2.24, 2.45) is 0 Å². The van der Waals surface area contributed by atoms with Crippen LogP contribution in [0.25, 0.3) is 0 Å². The van der Waals surface area contributed by atoms with Crippen LogP contribution in [0.15, 0.2) is 42.7 Å². The van der Waals surface area contributed by atoms with Gasteiger partial charge in [0.2, 0.25) is 0 Å². The number of piperazine rings is 1. The molecule has 1 aromatic heterocycles. The number of carbonyl (C=O) groups excluding carboxylic acids is 1. The summed E-state index contributed by atoms with van der Waals surface area (Å²) in [6.45, 7) is 3.24. The van der Waals surface area contributed by atoms with Gasteiger partial charge in [-0.05, 0) is 35.9 Å². The minimum Gasteiger partial charge on any atom is -0.493 e. The molecule has 1 aromatic carbocycles. The number of anilines is 1. The highest BCUT2D eigenvalue weighted by atomic mass is 35.5. The van der Waals surface area contributed by atoms with Gasteiger partial charge in [-0.25, -0.2) is 4.79 Å². The maximum atomic E-state index is 12.8. The largest absolute Gasteiger partial charge is 0.493 e. The standard InChI is InChI=1S/C19H22N4O3.ClH/c24-19(22-15-3-4-18-14(10-15)5-9-25-18)23-8-7-21-11-16(23)13-26-17-2-1-6-20-12-17;/h1-4,6,10,12,16,21H,5,7-9,11,13H2,(H,22,24);1H. The minimum atomic E-state index is -0.106. The van der Waals surface area contributed by atoms with E-state index in [2.05, 4.69) is 15.6 Å². The van der Waals surface area contributed by atoms with Gasteiger partial charge in [-0.2, -0.15) is 0 Å². The van der Waals surface area contributed by atoms with Crippen LogP contribution in [0.4, 0.5) is 10.5 Å². The Morgan fingerprint density at radius 3 is 3.19 bits per heavy atom. The Morgan fingerprint density at radius 1 is 1.41 bits per heavy atom. The average Bonchev–Trinajstić information content (AvgIpc) is 3.15. The summed E-state index contributed by atoms with van der Waals surface area (Å²) in [6.07, 6.45) is 4.26. The summed E-state index contributed by atoms with van der Waals surface area (Å²) in [5.74, 6) is 1.62. The molecule has 0 radical (unpaired) electrons. The fraction of sp³-hybridized carbons (Fsp3) is 0.368. The summed E-state index contributed by atoms with van der Waals surface area (Å²) < 4.78 is 11.3. The van der Waals surface area contributed by atoms with Crippen LogP contribution in [0.3, 0.4) is 0 Å². The van der Waals surface area contributed by atoms with E-state index in [-0.39, 0.29) is 24.5 Å². The molecule has 2 aliphatic heterocycles. The average molecular weight is 391 g/mol. The van der Waals surface area contributed by atoms with Crippen molar-refractivity contribution in [3.8, 4) is 11.5 Å². The molecule has 0 saturated carbocycles. The summed E-state index contributed by atoms with van der Waals surface area (Å²) in [5.41, 5.74) is 1.93. The van der Waals surface area contributed by atoms with Gasteiger partial charge >= 0.3 is 6.03 Å². The molecule has 0 bridgehead atoms. The van der Waals surface area contributed by atoms with Crippen molar-refractivity contribution in [2.45, 2.75) is 12.5 Å². The first kappa shape index (κ1) is 19.3. The zero-order chi connectivity index (χ0) is 17.8. The summed E-state index contributed by atoms with van der Waals surface area (Å²) in [4.78, 5) is 18.7. The number of rotatable bonds is 4. The number of fused-ring (bicyclic) bond motifs is 1. The number of hydrogen-bond donors (Lipinski definition) is 2. The molecule has 8 heteroatoms. The smallest absolute Gasteiger partial charge is 0.322 e. The zero-order valence-corrected chi connectivity index (χ0v) is 15.7. The first-order valence-electron chi connectivity index (χ1n) is 8.86. The molecular formula is C19H23ClN4O3. The first-order valence-corrected chi connectivity index (χ1v) is 8.86. The van der Waals surface area contributed by atoms with Crippen LogP contribution in [0.1, 0.15) is 5.56 Å². The van der Waals surface area contributed by atoms with Crippen molar-refractivity contribution in [3.05, 3.63) is 48.3 Å². The molecule has 2 aliphatic rings. The molecule has 1 fully saturated rings. The van der Waals surface area contributed by atoms with Gasteiger partial charge in [0.1, 0.15) is 18.1 Å². The van der Waals surface area contributed by atoms with Crippen molar-refractivity contribution >= 4 is 24.1 Å². The van der Waals surface area contributed by atoms with Crippen LogP contribution >= 0.6 is 12.4 Å². The van der Waals surface area contributed by atoms with E-state index in [1.807, 2.05) is 35.2 Å². The van der Waals surface area contributed by atoms with Crippen molar-refractivity contribution in [3.63, 3.8) is 0 Å². The molecule has 2 N–H and O–H groups in total. The third-order valence-electron chi connectivity index (χ3n) is 4.63. The van der Waals surface area contributed by atoms with Crippen molar-refractivity contribution < 1.29 is 14.3 Å². The monoisotopic (exact) mass is 390 g/mol. The van der Waals surface area contributed by atoms with Crippen molar-refractivity contribution in [2.75, 3.05) is 38.2 Å². The number of amides is 2. The maximum absolute atomic E-state index is 12.8. The maximum Gasteiger partial charge on any atom is 0.322 e. The van der Waals surface area contributed by atoms with Crippen LogP contribution < -0.4 is 20.1 Å². The Balaban J connectivity index is 0.00000210. The van der Waals surface area contributed by atoms with Crippen LogP contribution in [0.2, 0.25) is 0 Å². The molecule has 2 amide bonds. The summed E-state index contributed by atoms with van der Waals surface area (Å²) in [6, 6.07) is 9.33. The number of nitrogens with one attached hydrogen (secondary N) is 2. The van der Waals surface area contributed by atoms with E-state index < -0.39 is 0 Å². The third-order valence-corrected chi connectivity index (χ3v) is 4.63. The zero-order valence-electron chi connectivity index (χ0n) is 14.9. The molecule has 7 nitrogen and oxygen atoms in total. The Kier molecular flexibility index (Phi) is 6.36. The molecule has 1 atom stereocenters. The van der Waals surface area contributed by atoms with Gasteiger partial charge in [0, 0.05) is 37.9 Å². The Morgan fingerprint density at radius 2 is 2.33 bits per heavy atom. The number of aromatic nitrogens is 1. The lowest BCUT2D eigenvalue weighted by molar-refractivity contribution is 0.133. The van der Waals surface area contributed by atoms with E-state index in [1.165, 1.54) is 0 Å². The number of pyridine rings is 1. The van der Waals surface area contributed by atoms with Crippen LogP contribution in [0, 0.1) is 0 Å². The predicted octanol–water partition coefficient (Wildman–Crippen LogP) is 2.32. The predicted molar refractivity (Wildman–Crippen MR) is 105 cm³/mol. The molecule has 27 heavy (non-hydrogen) atoms. The number of carbonyl (C=O) groups is 1. The van der Waals surface area contributed by atoms with E-state index >= 15 is 0 Å². The van der Waals surface area contributed by atoms with Gasteiger partial charge in [-0.1, -0.05) is 0 Å². The van der Waals surface area contributed by atoms with Crippen LogP contribution in [-0.2, 0) is 6.42 Å². The lowest BCUT2D eigenvalue weighted by Crippen LogP contribution is -2.57. The number of hydrogen-bond acceptors (Lipinski definition) is 5. The van der Waals surface area contributed by atoms with Gasteiger partial charge in [0.05, 0.1) is 18.8 Å². The highest BCUT2D eigenvalue weighted by Crippen LogP contribution is 2.28. The first-order chi connectivity index (χ1) is 12.8. The Hall–Kier alpha value is -2.51. The van der Waals surface area contributed by atoms with E-state index in [0.29, 0.717) is 32.1 Å². The lowest BCUT2D eigenvalue weighted by Gasteiger charge is -2.35. The van der Waals surface area contributed by atoms with Gasteiger partial charge in [-0.3, -0.25) is 4.98 Å². The fourth-order valence-corrected chi connectivity index (χ4v) is 3.26. The second-order valence-corrected chi connectivity index (χ2v) is 6.40. The molecule has 0 aliphatic carbocycles. The number of nitrogens with zero attached hydrogens (tertiary/aromatic N) is 2.